The summed E-state index contributed by atoms with van der Waals surface area (Å²) in [6, 6.07) is 0.372. The number of nitrogens with two attached hydrogens (primary N) is 1. The average molecular weight is 240 g/mol. The van der Waals surface area contributed by atoms with E-state index in [2.05, 4.69) is 11.8 Å². The molecule has 1 saturated carbocycles. The first-order valence-electron chi connectivity index (χ1n) is 7.16. The molecule has 0 aromatic heterocycles. The average Bonchev–Trinajstić information content (AvgIpc) is 2.82. The van der Waals surface area contributed by atoms with Gasteiger partial charge < -0.3 is 10.5 Å². The van der Waals surface area contributed by atoms with E-state index in [0.29, 0.717) is 6.04 Å². The summed E-state index contributed by atoms with van der Waals surface area (Å²) in [6.45, 7) is 5.52. The minimum atomic E-state index is 0.0493. The fourth-order valence-corrected chi connectivity index (χ4v) is 3.46. The largest absolute Gasteiger partial charge is 0.377 e. The van der Waals surface area contributed by atoms with Crippen LogP contribution < -0.4 is 5.73 Å². The van der Waals surface area contributed by atoms with E-state index in [0.717, 1.165) is 19.0 Å². The van der Waals surface area contributed by atoms with Crippen molar-refractivity contribution in [1.82, 2.24) is 4.90 Å². The molecule has 0 aromatic carbocycles. The summed E-state index contributed by atoms with van der Waals surface area (Å²) in [6.07, 6.45) is 7.87. The van der Waals surface area contributed by atoms with Crippen LogP contribution in [0.5, 0.6) is 0 Å². The van der Waals surface area contributed by atoms with Crippen LogP contribution in [0.3, 0.4) is 0 Å². The lowest BCUT2D eigenvalue weighted by molar-refractivity contribution is -0.0525. The Bertz CT molecular complexity index is 240. The van der Waals surface area contributed by atoms with Gasteiger partial charge in [0.25, 0.3) is 0 Å². The van der Waals surface area contributed by atoms with Crippen LogP contribution in [0, 0.1) is 5.92 Å². The van der Waals surface area contributed by atoms with Gasteiger partial charge in [-0.15, -0.1) is 0 Å². The van der Waals surface area contributed by atoms with Crippen molar-refractivity contribution in [1.29, 1.82) is 0 Å². The first-order valence-corrected chi connectivity index (χ1v) is 7.16. The van der Waals surface area contributed by atoms with Gasteiger partial charge in [0.1, 0.15) is 0 Å². The van der Waals surface area contributed by atoms with E-state index < -0.39 is 0 Å². The zero-order chi connectivity index (χ0) is 12.3. The number of methoxy groups -OCH3 is 1. The van der Waals surface area contributed by atoms with E-state index in [1.165, 1.54) is 45.1 Å². The van der Waals surface area contributed by atoms with Crippen LogP contribution >= 0.6 is 0 Å². The van der Waals surface area contributed by atoms with E-state index in [4.69, 9.17) is 10.5 Å². The van der Waals surface area contributed by atoms with Crippen molar-refractivity contribution >= 4 is 0 Å². The molecule has 100 valence electrons. The van der Waals surface area contributed by atoms with E-state index in [1.54, 1.807) is 0 Å². The molecule has 2 rings (SSSR count). The van der Waals surface area contributed by atoms with Crippen LogP contribution in [-0.2, 0) is 4.74 Å². The highest BCUT2D eigenvalue weighted by Crippen LogP contribution is 2.29. The molecule has 0 bridgehead atoms. The summed E-state index contributed by atoms with van der Waals surface area (Å²) < 4.78 is 5.63. The van der Waals surface area contributed by atoms with Crippen molar-refractivity contribution < 1.29 is 4.74 Å². The molecular formula is C14H28N2O. The van der Waals surface area contributed by atoms with Gasteiger partial charge in [-0.25, -0.2) is 0 Å². The molecular weight excluding hydrogens is 212 g/mol. The summed E-state index contributed by atoms with van der Waals surface area (Å²) in [5, 5.41) is 0. The lowest BCUT2D eigenvalue weighted by Gasteiger charge is -2.41. The Hall–Kier alpha value is -0.120. The zero-order valence-corrected chi connectivity index (χ0v) is 11.5. The molecule has 1 saturated heterocycles. The quantitative estimate of drug-likeness (QED) is 0.817. The van der Waals surface area contributed by atoms with Gasteiger partial charge in [-0.05, 0) is 45.1 Å². The maximum Gasteiger partial charge on any atom is 0.0777 e. The molecule has 17 heavy (non-hydrogen) atoms. The van der Waals surface area contributed by atoms with Gasteiger partial charge in [-0.2, -0.15) is 0 Å². The Labute approximate surface area is 106 Å². The highest BCUT2D eigenvalue weighted by atomic mass is 16.5. The maximum atomic E-state index is 6.36. The van der Waals surface area contributed by atoms with Gasteiger partial charge in [0, 0.05) is 26.2 Å². The number of piperidine rings is 1. The molecule has 1 aliphatic carbocycles. The molecule has 2 unspecified atom stereocenters. The summed E-state index contributed by atoms with van der Waals surface area (Å²) >= 11 is 0. The molecule has 0 amide bonds. The Kier molecular flexibility index (Phi) is 4.45. The molecule has 3 heteroatoms. The summed E-state index contributed by atoms with van der Waals surface area (Å²) in [7, 11) is 1.83. The van der Waals surface area contributed by atoms with Gasteiger partial charge in [0.15, 0.2) is 0 Å². The Morgan fingerprint density at radius 2 is 2.06 bits per heavy atom. The van der Waals surface area contributed by atoms with Crippen LogP contribution in [0.2, 0.25) is 0 Å². The molecule has 0 aromatic rings. The minimum absolute atomic E-state index is 0.0493. The molecule has 2 aliphatic rings. The van der Waals surface area contributed by atoms with Gasteiger partial charge in [0.05, 0.1) is 5.60 Å². The summed E-state index contributed by atoms with van der Waals surface area (Å²) in [5.74, 6) is 0.769. The molecule has 0 spiro atoms. The number of hydrogen-bond acceptors (Lipinski definition) is 3. The maximum absolute atomic E-state index is 6.36. The molecule has 2 N–H and O–H groups in total. The van der Waals surface area contributed by atoms with Crippen LogP contribution in [0.1, 0.15) is 45.4 Å². The number of rotatable bonds is 4. The van der Waals surface area contributed by atoms with Crippen molar-refractivity contribution in [2.75, 3.05) is 26.7 Å². The van der Waals surface area contributed by atoms with Crippen molar-refractivity contribution in [3.05, 3.63) is 0 Å². The first-order chi connectivity index (χ1) is 8.13. The number of nitrogens with zero attached hydrogens (tertiary/aromatic N) is 1. The number of likely N-dealkylation sites (tertiary alicyclic amines) is 1. The fraction of sp³-hybridized carbons (Fsp3) is 1.00. The third-order valence-corrected chi connectivity index (χ3v) is 4.71. The second-order valence-corrected chi connectivity index (χ2v) is 6.20. The Morgan fingerprint density at radius 1 is 1.35 bits per heavy atom. The lowest BCUT2D eigenvalue weighted by Crippen LogP contribution is -2.51. The fourth-order valence-electron chi connectivity index (χ4n) is 3.46. The third kappa shape index (κ3) is 3.43. The smallest absolute Gasteiger partial charge is 0.0777 e. The Balaban J connectivity index is 1.81. The minimum Gasteiger partial charge on any atom is -0.377 e. The Morgan fingerprint density at radius 3 is 2.71 bits per heavy atom. The van der Waals surface area contributed by atoms with E-state index in [-0.39, 0.29) is 5.60 Å². The SMILES string of the molecule is COC1(C)CCCN(CC(N)C2CCCC2)C1. The predicted octanol–water partition coefficient (Wildman–Crippen LogP) is 2.00. The van der Waals surface area contributed by atoms with Crippen LogP contribution in [0.4, 0.5) is 0 Å². The van der Waals surface area contributed by atoms with Crippen LogP contribution in [-0.4, -0.2) is 43.3 Å². The summed E-state index contributed by atoms with van der Waals surface area (Å²) in [4.78, 5) is 2.51. The molecule has 1 heterocycles. The standard InChI is InChI=1S/C14H28N2O/c1-14(17-2)8-5-9-16(11-14)10-13(15)12-6-3-4-7-12/h12-13H,3-11,15H2,1-2H3. The topological polar surface area (TPSA) is 38.5 Å². The highest BCUT2D eigenvalue weighted by molar-refractivity contribution is 4.88. The molecule has 1 aliphatic heterocycles. The molecule has 2 fully saturated rings. The lowest BCUT2D eigenvalue weighted by atomic mass is 9.92. The molecule has 3 nitrogen and oxygen atoms in total. The van der Waals surface area contributed by atoms with Crippen LogP contribution in [0.15, 0.2) is 0 Å². The third-order valence-electron chi connectivity index (χ3n) is 4.71. The normalized spacial score (nSPS) is 34.1. The van der Waals surface area contributed by atoms with Crippen molar-refractivity contribution in [3.63, 3.8) is 0 Å². The van der Waals surface area contributed by atoms with E-state index >= 15 is 0 Å². The van der Waals surface area contributed by atoms with E-state index in [9.17, 15) is 0 Å². The van der Waals surface area contributed by atoms with Crippen molar-refractivity contribution in [3.8, 4) is 0 Å². The van der Waals surface area contributed by atoms with Crippen molar-refractivity contribution in [2.45, 2.75) is 57.1 Å². The second kappa shape index (κ2) is 5.68. The van der Waals surface area contributed by atoms with Crippen LogP contribution in [0.25, 0.3) is 0 Å². The molecule has 0 radical (unpaired) electrons. The van der Waals surface area contributed by atoms with Gasteiger partial charge >= 0.3 is 0 Å². The summed E-state index contributed by atoms with van der Waals surface area (Å²) in [5.41, 5.74) is 6.41. The number of hydrogen-bond donors (Lipinski definition) is 1. The zero-order valence-electron chi connectivity index (χ0n) is 11.5. The highest BCUT2D eigenvalue weighted by Gasteiger charge is 2.32. The predicted molar refractivity (Wildman–Crippen MR) is 71.0 cm³/mol. The number of ether oxygens (including phenoxy) is 1. The molecule has 2 atom stereocenters. The monoisotopic (exact) mass is 240 g/mol. The van der Waals surface area contributed by atoms with Gasteiger partial charge in [-0.1, -0.05) is 12.8 Å². The first kappa shape index (κ1) is 13.3. The van der Waals surface area contributed by atoms with Crippen molar-refractivity contribution in [2.24, 2.45) is 11.7 Å². The van der Waals surface area contributed by atoms with Gasteiger partial charge in [0.2, 0.25) is 0 Å². The second-order valence-electron chi connectivity index (χ2n) is 6.20. The van der Waals surface area contributed by atoms with Gasteiger partial charge in [-0.3, -0.25) is 4.90 Å². The van der Waals surface area contributed by atoms with E-state index in [1.807, 2.05) is 7.11 Å².